The maximum atomic E-state index is 12.6. The van der Waals surface area contributed by atoms with E-state index in [-0.39, 0.29) is 48.8 Å². The summed E-state index contributed by atoms with van der Waals surface area (Å²) in [5.74, 6) is -0.824. The highest BCUT2D eigenvalue weighted by molar-refractivity contribution is 5.79. The molecule has 0 saturated heterocycles. The predicted octanol–water partition coefficient (Wildman–Crippen LogP) is 4.70. The van der Waals surface area contributed by atoms with Gasteiger partial charge in [0.25, 0.3) is 0 Å². The summed E-state index contributed by atoms with van der Waals surface area (Å²) in [6, 6.07) is 16.1. The minimum Gasteiger partial charge on any atom is -0.481 e. The molecular weight excluding hydrogens is 444 g/mol. The number of carboxylic acids is 1. The second-order valence-electron chi connectivity index (χ2n) is 10.1. The summed E-state index contributed by atoms with van der Waals surface area (Å²) in [4.78, 5) is 36.1. The Balaban J connectivity index is 1.24. The van der Waals surface area contributed by atoms with Gasteiger partial charge in [0.2, 0.25) is 5.91 Å². The van der Waals surface area contributed by atoms with E-state index >= 15 is 0 Å². The van der Waals surface area contributed by atoms with Crippen LogP contribution in [0.2, 0.25) is 0 Å². The highest BCUT2D eigenvalue weighted by atomic mass is 16.5. The second kappa shape index (κ2) is 10.9. The van der Waals surface area contributed by atoms with E-state index in [9.17, 15) is 14.4 Å². The normalized spacial score (nSPS) is 19.6. The molecule has 2 amide bonds. The molecule has 2 aromatic rings. The van der Waals surface area contributed by atoms with Crippen molar-refractivity contribution >= 4 is 18.0 Å². The van der Waals surface area contributed by atoms with Gasteiger partial charge in [-0.3, -0.25) is 9.59 Å². The number of hydrogen-bond donors (Lipinski definition) is 3. The third-order valence-electron chi connectivity index (χ3n) is 7.23. The van der Waals surface area contributed by atoms with Crippen molar-refractivity contribution in [3.8, 4) is 11.1 Å². The summed E-state index contributed by atoms with van der Waals surface area (Å²) in [5, 5.41) is 14.9. The van der Waals surface area contributed by atoms with Gasteiger partial charge in [-0.1, -0.05) is 62.4 Å². The molecule has 2 unspecified atom stereocenters. The zero-order valence-electron chi connectivity index (χ0n) is 20.3. The van der Waals surface area contributed by atoms with E-state index < -0.39 is 12.1 Å². The lowest BCUT2D eigenvalue weighted by atomic mass is 9.98. The first-order valence-electron chi connectivity index (χ1n) is 12.4. The van der Waals surface area contributed by atoms with Crippen LogP contribution in [0.5, 0.6) is 0 Å². The number of rotatable bonds is 9. The largest absolute Gasteiger partial charge is 0.481 e. The van der Waals surface area contributed by atoms with E-state index in [1.807, 2.05) is 38.1 Å². The van der Waals surface area contributed by atoms with Crippen molar-refractivity contribution in [1.82, 2.24) is 10.6 Å². The van der Waals surface area contributed by atoms with E-state index in [0.29, 0.717) is 12.8 Å². The van der Waals surface area contributed by atoms with Gasteiger partial charge in [-0.25, -0.2) is 4.79 Å². The third-order valence-corrected chi connectivity index (χ3v) is 7.23. The minimum atomic E-state index is -0.919. The molecule has 186 valence electrons. The van der Waals surface area contributed by atoms with Crippen molar-refractivity contribution in [3.63, 3.8) is 0 Å². The molecule has 0 aliphatic heterocycles. The molecular formula is C28H34N2O5. The molecule has 3 atom stereocenters. The zero-order valence-corrected chi connectivity index (χ0v) is 20.3. The van der Waals surface area contributed by atoms with E-state index in [1.165, 1.54) is 22.3 Å². The SMILES string of the molecule is CC(C)[C@@H](CC(=O)O)NC(=O)CC1CCC(NC(=O)OCC2c3ccccc3-c3ccccc32)C1. The van der Waals surface area contributed by atoms with E-state index in [2.05, 4.69) is 34.9 Å². The molecule has 0 bridgehead atoms. The van der Waals surface area contributed by atoms with E-state index in [4.69, 9.17) is 9.84 Å². The lowest BCUT2D eigenvalue weighted by Crippen LogP contribution is -2.40. The molecule has 1 saturated carbocycles. The quantitative estimate of drug-likeness (QED) is 0.485. The van der Waals surface area contributed by atoms with Gasteiger partial charge in [0.05, 0.1) is 6.42 Å². The van der Waals surface area contributed by atoms with Gasteiger partial charge < -0.3 is 20.5 Å². The number of ether oxygens (including phenoxy) is 1. The molecule has 3 N–H and O–H groups in total. The standard InChI is InChI=1S/C28H34N2O5/c1-17(2)25(15-27(32)33)30-26(31)14-18-11-12-19(13-18)29-28(34)35-16-24-22-9-5-3-7-20(22)21-8-4-6-10-23(21)24/h3-10,17-19,24-25H,11-16H2,1-2H3,(H,29,34)(H,30,31)(H,32,33)/t18?,19?,25-/m1/s1. The second-order valence-corrected chi connectivity index (χ2v) is 10.1. The van der Waals surface area contributed by atoms with Crippen LogP contribution in [0.15, 0.2) is 48.5 Å². The summed E-state index contributed by atoms with van der Waals surface area (Å²) in [6.45, 7) is 4.08. The molecule has 0 aromatic heterocycles. The van der Waals surface area contributed by atoms with Gasteiger partial charge in [-0.15, -0.1) is 0 Å². The third kappa shape index (κ3) is 6.02. The molecule has 2 aliphatic carbocycles. The number of carbonyl (C=O) groups is 3. The first-order chi connectivity index (χ1) is 16.8. The van der Waals surface area contributed by atoms with Crippen molar-refractivity contribution in [1.29, 1.82) is 0 Å². The monoisotopic (exact) mass is 478 g/mol. The van der Waals surface area contributed by atoms with Crippen LogP contribution in [0.1, 0.15) is 63.0 Å². The molecule has 7 nitrogen and oxygen atoms in total. The molecule has 2 aliphatic rings. The van der Waals surface area contributed by atoms with Crippen LogP contribution in [0.3, 0.4) is 0 Å². The van der Waals surface area contributed by atoms with Crippen LogP contribution < -0.4 is 10.6 Å². The molecule has 1 fully saturated rings. The van der Waals surface area contributed by atoms with Crippen molar-refractivity contribution < 1.29 is 24.2 Å². The molecule has 0 heterocycles. The Morgan fingerprint density at radius 1 is 1.00 bits per heavy atom. The van der Waals surface area contributed by atoms with Crippen molar-refractivity contribution in [2.75, 3.05) is 6.61 Å². The number of benzene rings is 2. The Bertz CT molecular complexity index is 1040. The van der Waals surface area contributed by atoms with E-state index in [0.717, 1.165) is 12.8 Å². The van der Waals surface area contributed by atoms with Crippen LogP contribution in [0.25, 0.3) is 11.1 Å². The van der Waals surface area contributed by atoms with Crippen LogP contribution in [0, 0.1) is 11.8 Å². The molecule has 2 aromatic carbocycles. The highest BCUT2D eigenvalue weighted by Gasteiger charge is 2.31. The van der Waals surface area contributed by atoms with Gasteiger partial charge in [-0.05, 0) is 53.4 Å². The van der Waals surface area contributed by atoms with E-state index in [1.54, 1.807) is 0 Å². The molecule has 0 spiro atoms. The Morgan fingerprint density at radius 3 is 2.23 bits per heavy atom. The lowest BCUT2D eigenvalue weighted by molar-refractivity contribution is -0.138. The van der Waals surface area contributed by atoms with Crippen LogP contribution >= 0.6 is 0 Å². The smallest absolute Gasteiger partial charge is 0.407 e. The average Bonchev–Trinajstić information content (AvgIpc) is 3.38. The van der Waals surface area contributed by atoms with Crippen molar-refractivity contribution in [2.24, 2.45) is 11.8 Å². The number of fused-ring (bicyclic) bond motifs is 3. The predicted molar refractivity (Wildman–Crippen MR) is 133 cm³/mol. The van der Waals surface area contributed by atoms with Crippen LogP contribution in [-0.2, 0) is 14.3 Å². The highest BCUT2D eigenvalue weighted by Crippen LogP contribution is 2.44. The van der Waals surface area contributed by atoms with Gasteiger partial charge in [0.15, 0.2) is 0 Å². The average molecular weight is 479 g/mol. The fourth-order valence-corrected chi connectivity index (χ4v) is 5.37. The Morgan fingerprint density at radius 2 is 1.63 bits per heavy atom. The summed E-state index contributed by atoms with van der Waals surface area (Å²) >= 11 is 0. The number of hydrogen-bond acceptors (Lipinski definition) is 4. The van der Waals surface area contributed by atoms with Crippen molar-refractivity contribution in [3.05, 3.63) is 59.7 Å². The maximum Gasteiger partial charge on any atom is 0.407 e. The molecule has 4 rings (SSSR count). The number of alkyl carbamates (subject to hydrolysis) is 1. The number of nitrogens with one attached hydrogen (secondary N) is 2. The molecule has 7 heteroatoms. The number of carboxylic acid groups (broad SMARTS) is 1. The Kier molecular flexibility index (Phi) is 7.73. The summed E-state index contributed by atoms with van der Waals surface area (Å²) in [7, 11) is 0. The number of carbonyl (C=O) groups excluding carboxylic acids is 2. The molecule has 0 radical (unpaired) electrons. The summed E-state index contributed by atoms with van der Waals surface area (Å²) in [6.07, 6.45) is 2.18. The first kappa shape index (κ1) is 24.8. The topological polar surface area (TPSA) is 105 Å². The van der Waals surface area contributed by atoms with Crippen LogP contribution in [0.4, 0.5) is 4.79 Å². The first-order valence-corrected chi connectivity index (χ1v) is 12.4. The van der Waals surface area contributed by atoms with Crippen LogP contribution in [-0.4, -0.2) is 41.8 Å². The van der Waals surface area contributed by atoms with Gasteiger partial charge >= 0.3 is 12.1 Å². The maximum absolute atomic E-state index is 12.6. The van der Waals surface area contributed by atoms with Gasteiger partial charge in [0.1, 0.15) is 6.61 Å². The van der Waals surface area contributed by atoms with Gasteiger partial charge in [-0.2, -0.15) is 0 Å². The number of aliphatic carboxylic acids is 1. The fourth-order valence-electron chi connectivity index (χ4n) is 5.37. The lowest BCUT2D eigenvalue weighted by Gasteiger charge is -2.21. The zero-order chi connectivity index (χ0) is 24.9. The fraction of sp³-hybridized carbons (Fsp3) is 0.464. The Labute approximate surface area is 206 Å². The van der Waals surface area contributed by atoms with Crippen molar-refractivity contribution in [2.45, 2.75) is 64.0 Å². The Hall–Kier alpha value is -3.35. The molecule has 35 heavy (non-hydrogen) atoms. The van der Waals surface area contributed by atoms with Gasteiger partial charge in [0, 0.05) is 24.4 Å². The number of amides is 2. The summed E-state index contributed by atoms with van der Waals surface area (Å²) in [5.41, 5.74) is 4.74. The minimum absolute atomic E-state index is 0.0212. The summed E-state index contributed by atoms with van der Waals surface area (Å²) < 4.78 is 5.65.